The first-order valence-corrected chi connectivity index (χ1v) is 5.05. The Hall–Kier alpha value is -0.280. The van der Waals surface area contributed by atoms with E-state index in [9.17, 15) is 0 Å². The minimum Gasteiger partial charge on any atom is -0.394 e. The molecule has 6 N–H and O–H groups in total. The van der Waals surface area contributed by atoms with Gasteiger partial charge >= 0.3 is 0 Å². The predicted octanol–water partition coefficient (Wildman–Crippen LogP) is -2.17. The molecule has 0 bridgehead atoms. The van der Waals surface area contributed by atoms with Crippen LogP contribution in [0.1, 0.15) is 6.92 Å². The van der Waals surface area contributed by atoms with Crippen LogP contribution in [0, 0.1) is 0 Å². The molecule has 100 valence electrons. The standard InChI is InChI=1S/C5H13NO2.C4H11NO3/c1-3-6-8-5-4-7-2;5-4(1-6,2-7)3-8/h6H,3-5H2,1-2H3;6-8H,1-3,5H2. The minimum absolute atomic E-state index is 0.403. The Morgan fingerprint density at radius 1 is 1.12 bits per heavy atom. The molecule has 0 aromatic rings. The molecule has 0 fully saturated rings. The number of methoxy groups -OCH3 is 1. The summed E-state index contributed by atoms with van der Waals surface area (Å²) in [4.78, 5) is 4.85. The second kappa shape index (κ2) is 12.8. The first kappa shape index (κ1) is 18.1. The van der Waals surface area contributed by atoms with Crippen LogP contribution in [0.2, 0.25) is 0 Å². The van der Waals surface area contributed by atoms with E-state index >= 15 is 0 Å². The summed E-state index contributed by atoms with van der Waals surface area (Å²) in [5.74, 6) is 0. The van der Waals surface area contributed by atoms with E-state index in [4.69, 9.17) is 30.6 Å². The predicted molar refractivity (Wildman–Crippen MR) is 59.7 cm³/mol. The molecule has 0 saturated carbocycles. The van der Waals surface area contributed by atoms with Crippen molar-refractivity contribution in [2.24, 2.45) is 5.73 Å². The lowest BCUT2D eigenvalue weighted by atomic mass is 10.1. The van der Waals surface area contributed by atoms with Gasteiger partial charge in [0.1, 0.15) is 0 Å². The van der Waals surface area contributed by atoms with Gasteiger partial charge in [-0.2, -0.15) is 0 Å². The maximum absolute atomic E-state index is 8.34. The van der Waals surface area contributed by atoms with Crippen molar-refractivity contribution in [1.29, 1.82) is 0 Å². The van der Waals surface area contributed by atoms with Crippen LogP contribution in [0.25, 0.3) is 0 Å². The highest BCUT2D eigenvalue weighted by Gasteiger charge is 2.20. The highest BCUT2D eigenvalue weighted by Crippen LogP contribution is 1.93. The summed E-state index contributed by atoms with van der Waals surface area (Å²) in [6.45, 7) is 2.87. The molecule has 16 heavy (non-hydrogen) atoms. The molecule has 7 nitrogen and oxygen atoms in total. The van der Waals surface area contributed by atoms with Gasteiger partial charge in [-0.15, -0.1) is 0 Å². The third-order valence-electron chi connectivity index (χ3n) is 1.58. The number of hydrogen-bond acceptors (Lipinski definition) is 7. The molecule has 0 unspecified atom stereocenters. The third kappa shape index (κ3) is 11.8. The molecule has 0 aromatic carbocycles. The van der Waals surface area contributed by atoms with Crippen molar-refractivity contribution in [1.82, 2.24) is 5.48 Å². The van der Waals surface area contributed by atoms with Crippen LogP contribution in [0.15, 0.2) is 0 Å². The van der Waals surface area contributed by atoms with Crippen molar-refractivity contribution >= 4 is 0 Å². The highest BCUT2D eigenvalue weighted by molar-refractivity contribution is 4.80. The quantitative estimate of drug-likeness (QED) is 0.242. The van der Waals surface area contributed by atoms with Gasteiger partial charge in [-0.25, -0.2) is 5.48 Å². The average molecular weight is 240 g/mol. The fraction of sp³-hybridized carbons (Fsp3) is 1.00. The molecule has 0 atom stereocenters. The fourth-order valence-electron chi connectivity index (χ4n) is 0.449. The number of rotatable bonds is 8. The van der Waals surface area contributed by atoms with Crippen molar-refractivity contribution < 1.29 is 24.9 Å². The first-order valence-electron chi connectivity index (χ1n) is 5.05. The highest BCUT2D eigenvalue weighted by atomic mass is 16.7. The lowest BCUT2D eigenvalue weighted by molar-refractivity contribution is 0.00946. The first-order chi connectivity index (χ1) is 7.60. The Morgan fingerprint density at radius 3 is 1.88 bits per heavy atom. The summed E-state index contributed by atoms with van der Waals surface area (Å²) >= 11 is 0. The van der Waals surface area contributed by atoms with E-state index in [0.717, 1.165) is 6.54 Å². The van der Waals surface area contributed by atoms with Gasteiger partial charge in [-0.05, 0) is 0 Å². The zero-order chi connectivity index (χ0) is 12.9. The maximum atomic E-state index is 8.34. The molecule has 0 saturated heterocycles. The molecule has 0 spiro atoms. The lowest BCUT2D eigenvalue weighted by Gasteiger charge is -2.20. The lowest BCUT2D eigenvalue weighted by Crippen LogP contribution is -2.50. The van der Waals surface area contributed by atoms with E-state index in [-0.39, 0.29) is 0 Å². The molecule has 7 heteroatoms. The molecule has 0 aliphatic rings. The summed E-state index contributed by atoms with van der Waals surface area (Å²) in [6, 6.07) is 0. The van der Waals surface area contributed by atoms with Gasteiger partial charge in [0.05, 0.1) is 38.6 Å². The van der Waals surface area contributed by atoms with E-state index < -0.39 is 25.4 Å². The zero-order valence-electron chi connectivity index (χ0n) is 9.98. The van der Waals surface area contributed by atoms with E-state index in [0.29, 0.717) is 13.2 Å². The Balaban J connectivity index is 0. The van der Waals surface area contributed by atoms with Crippen LogP contribution >= 0.6 is 0 Å². The van der Waals surface area contributed by atoms with Gasteiger partial charge in [-0.3, -0.25) is 4.84 Å². The largest absolute Gasteiger partial charge is 0.394 e. The van der Waals surface area contributed by atoms with Crippen molar-refractivity contribution in [2.45, 2.75) is 12.5 Å². The SMILES string of the molecule is CCNOCCOC.NC(CO)(CO)CO. The van der Waals surface area contributed by atoms with Crippen molar-refractivity contribution in [2.75, 3.05) is 46.7 Å². The number of hydroxylamine groups is 1. The van der Waals surface area contributed by atoms with E-state index in [2.05, 4.69) is 5.48 Å². The summed E-state index contributed by atoms with van der Waals surface area (Å²) < 4.78 is 4.72. The van der Waals surface area contributed by atoms with Crippen molar-refractivity contribution in [3.8, 4) is 0 Å². The Kier molecular flexibility index (Phi) is 14.5. The number of nitrogens with two attached hydrogens (primary N) is 1. The molecular formula is C9H24N2O5. The molecular weight excluding hydrogens is 216 g/mol. The maximum Gasteiger partial charge on any atom is 0.0915 e. The number of hydrogen-bond donors (Lipinski definition) is 5. The molecule has 0 radical (unpaired) electrons. The second-order valence-electron chi connectivity index (χ2n) is 3.18. The van der Waals surface area contributed by atoms with Crippen LogP contribution in [0.4, 0.5) is 0 Å². The smallest absolute Gasteiger partial charge is 0.0915 e. The van der Waals surface area contributed by atoms with Gasteiger partial charge in [0.25, 0.3) is 0 Å². The summed E-state index contributed by atoms with van der Waals surface area (Å²) in [6.07, 6.45) is 0. The monoisotopic (exact) mass is 240 g/mol. The van der Waals surface area contributed by atoms with Crippen molar-refractivity contribution in [3.05, 3.63) is 0 Å². The molecule has 0 amide bonds. The van der Waals surface area contributed by atoms with E-state index in [1.165, 1.54) is 0 Å². The second-order valence-corrected chi connectivity index (χ2v) is 3.18. The number of aliphatic hydroxyl groups is 3. The molecule has 0 aromatic heterocycles. The van der Waals surface area contributed by atoms with Gasteiger partial charge in [0, 0.05) is 13.7 Å². The van der Waals surface area contributed by atoms with Gasteiger partial charge in [0.15, 0.2) is 0 Å². The zero-order valence-corrected chi connectivity index (χ0v) is 9.98. The van der Waals surface area contributed by atoms with Gasteiger partial charge in [-0.1, -0.05) is 6.92 Å². The molecule has 0 rings (SSSR count). The number of ether oxygens (including phenoxy) is 1. The third-order valence-corrected chi connectivity index (χ3v) is 1.58. The summed E-state index contributed by atoms with van der Waals surface area (Å²) in [5.41, 5.74) is 6.64. The normalized spacial score (nSPS) is 10.9. The minimum atomic E-state index is -1.21. The number of nitrogens with one attached hydrogen (secondary N) is 1. The number of aliphatic hydroxyl groups excluding tert-OH is 3. The van der Waals surface area contributed by atoms with Crippen molar-refractivity contribution in [3.63, 3.8) is 0 Å². The average Bonchev–Trinajstić information content (AvgIpc) is 2.34. The van der Waals surface area contributed by atoms with E-state index in [1.807, 2.05) is 6.92 Å². The van der Waals surface area contributed by atoms with Crippen LogP contribution in [-0.4, -0.2) is 67.5 Å². The topological polar surface area (TPSA) is 117 Å². The van der Waals surface area contributed by atoms with Crippen LogP contribution < -0.4 is 11.2 Å². The van der Waals surface area contributed by atoms with E-state index in [1.54, 1.807) is 7.11 Å². The van der Waals surface area contributed by atoms with Gasteiger partial charge < -0.3 is 25.8 Å². The molecule has 0 aliphatic carbocycles. The van der Waals surface area contributed by atoms with Crippen LogP contribution in [-0.2, 0) is 9.57 Å². The fourth-order valence-corrected chi connectivity index (χ4v) is 0.449. The van der Waals surface area contributed by atoms with Crippen LogP contribution in [0.3, 0.4) is 0 Å². The van der Waals surface area contributed by atoms with Crippen LogP contribution in [0.5, 0.6) is 0 Å². The Morgan fingerprint density at radius 2 is 1.62 bits per heavy atom. The Bertz CT molecular complexity index is 119. The Labute approximate surface area is 96.1 Å². The molecule has 0 aliphatic heterocycles. The molecule has 0 heterocycles. The van der Waals surface area contributed by atoms with Gasteiger partial charge in [0.2, 0.25) is 0 Å². The summed E-state index contributed by atoms with van der Waals surface area (Å²) in [5, 5.41) is 25.0. The summed E-state index contributed by atoms with van der Waals surface area (Å²) in [7, 11) is 1.65.